The largest absolute Gasteiger partial charge is 0.460 e. The van der Waals surface area contributed by atoms with E-state index in [0.29, 0.717) is 13.2 Å². The Balaban J connectivity index is 3.20. The Kier molecular flexibility index (Phi) is 10.7. The minimum absolute atomic E-state index is 0.275. The average molecular weight is 224 g/mol. The highest BCUT2D eigenvalue weighted by Crippen LogP contribution is 1.92. The summed E-state index contributed by atoms with van der Waals surface area (Å²) in [5.74, 6) is -0.412. The Hall–Kier alpha value is -1.35. The number of ether oxygens (including phenoxy) is 2. The molecule has 0 N–H and O–H groups in total. The summed E-state index contributed by atoms with van der Waals surface area (Å²) in [5.41, 5.74) is 0. The molecule has 16 heavy (non-hydrogen) atoms. The summed E-state index contributed by atoms with van der Waals surface area (Å²) in [6, 6.07) is 0. The van der Waals surface area contributed by atoms with Crippen LogP contribution in [0.5, 0.6) is 0 Å². The summed E-state index contributed by atoms with van der Waals surface area (Å²) >= 11 is 0. The van der Waals surface area contributed by atoms with Gasteiger partial charge in [0.15, 0.2) is 0 Å². The molecule has 3 heteroatoms. The Morgan fingerprint density at radius 2 is 1.94 bits per heavy atom. The lowest BCUT2D eigenvalue weighted by Crippen LogP contribution is -2.08. The molecule has 0 aromatic carbocycles. The first-order chi connectivity index (χ1) is 7.81. The maximum Gasteiger partial charge on any atom is 0.330 e. The number of unbranched alkanes of at least 4 members (excludes halogenated alkanes) is 1. The van der Waals surface area contributed by atoms with Gasteiger partial charge < -0.3 is 9.47 Å². The highest BCUT2D eigenvalue weighted by atomic mass is 16.6. The number of rotatable bonds is 9. The molecule has 0 aliphatic heterocycles. The minimum Gasteiger partial charge on any atom is -0.460 e. The van der Waals surface area contributed by atoms with Gasteiger partial charge in [0, 0.05) is 6.08 Å². The summed E-state index contributed by atoms with van der Waals surface area (Å²) in [7, 11) is 0. The highest BCUT2D eigenvalue weighted by molar-refractivity contribution is 5.81. The van der Waals surface area contributed by atoms with Crippen molar-refractivity contribution in [2.75, 3.05) is 19.8 Å². The van der Waals surface area contributed by atoms with Crippen molar-refractivity contribution in [1.29, 1.82) is 0 Å². The fourth-order valence-corrected chi connectivity index (χ4v) is 0.956. The Morgan fingerprint density at radius 3 is 2.62 bits per heavy atom. The van der Waals surface area contributed by atoms with Gasteiger partial charge in [-0.1, -0.05) is 30.9 Å². The van der Waals surface area contributed by atoms with Gasteiger partial charge in [0.1, 0.15) is 6.61 Å². The SMILES string of the molecule is C=CC(=O)OCCOC/C=C/CC/C=C/C. The molecule has 3 nitrogen and oxygen atoms in total. The summed E-state index contributed by atoms with van der Waals surface area (Å²) in [6.45, 7) is 6.55. The Labute approximate surface area is 97.4 Å². The summed E-state index contributed by atoms with van der Waals surface area (Å²) < 4.78 is 9.95. The molecule has 0 radical (unpaired) electrons. The van der Waals surface area contributed by atoms with Crippen LogP contribution in [0.4, 0.5) is 0 Å². The topological polar surface area (TPSA) is 35.5 Å². The zero-order valence-corrected chi connectivity index (χ0v) is 9.85. The first-order valence-corrected chi connectivity index (χ1v) is 5.44. The summed E-state index contributed by atoms with van der Waals surface area (Å²) in [6.07, 6.45) is 11.4. The molecule has 0 unspecified atom stereocenters. The number of carbonyl (C=O) groups is 1. The molecule has 0 aromatic heterocycles. The first kappa shape index (κ1) is 14.6. The van der Waals surface area contributed by atoms with Crippen LogP contribution in [-0.2, 0) is 14.3 Å². The molecule has 0 saturated heterocycles. The monoisotopic (exact) mass is 224 g/mol. The van der Waals surface area contributed by atoms with Crippen molar-refractivity contribution in [3.8, 4) is 0 Å². The van der Waals surface area contributed by atoms with E-state index in [1.165, 1.54) is 0 Å². The fourth-order valence-electron chi connectivity index (χ4n) is 0.956. The molecule has 0 atom stereocenters. The third kappa shape index (κ3) is 10.7. The number of esters is 1. The van der Waals surface area contributed by atoms with Crippen LogP contribution >= 0.6 is 0 Å². The molecule has 0 heterocycles. The predicted octanol–water partition coefficient (Wildman–Crippen LogP) is 2.64. The van der Waals surface area contributed by atoms with Crippen LogP contribution < -0.4 is 0 Å². The van der Waals surface area contributed by atoms with E-state index in [4.69, 9.17) is 9.47 Å². The molecule has 0 amide bonds. The maximum atomic E-state index is 10.6. The zero-order chi connectivity index (χ0) is 12.1. The molecule has 0 fully saturated rings. The van der Waals surface area contributed by atoms with Crippen LogP contribution in [0.1, 0.15) is 19.8 Å². The van der Waals surface area contributed by atoms with Crippen molar-refractivity contribution in [3.63, 3.8) is 0 Å². The lowest BCUT2D eigenvalue weighted by molar-refractivity contribution is -0.139. The van der Waals surface area contributed by atoms with Gasteiger partial charge in [-0.25, -0.2) is 4.79 Å². The van der Waals surface area contributed by atoms with Crippen LogP contribution in [0.3, 0.4) is 0 Å². The molecule has 90 valence electrons. The van der Waals surface area contributed by atoms with Crippen LogP contribution in [-0.4, -0.2) is 25.8 Å². The highest BCUT2D eigenvalue weighted by Gasteiger charge is 1.93. The third-order valence-electron chi connectivity index (χ3n) is 1.76. The van der Waals surface area contributed by atoms with Crippen molar-refractivity contribution in [2.45, 2.75) is 19.8 Å². The molecule has 0 aromatic rings. The Morgan fingerprint density at radius 1 is 1.19 bits per heavy atom. The fraction of sp³-hybridized carbons (Fsp3) is 0.462. The van der Waals surface area contributed by atoms with Gasteiger partial charge in [0.25, 0.3) is 0 Å². The molecule has 0 saturated carbocycles. The second-order valence-corrected chi connectivity index (χ2v) is 3.06. The van der Waals surface area contributed by atoms with Crippen molar-refractivity contribution < 1.29 is 14.3 Å². The molecule has 0 bridgehead atoms. The molecule has 0 spiro atoms. The van der Waals surface area contributed by atoms with Gasteiger partial charge in [0.05, 0.1) is 13.2 Å². The average Bonchev–Trinajstić information content (AvgIpc) is 2.31. The third-order valence-corrected chi connectivity index (χ3v) is 1.76. The van der Waals surface area contributed by atoms with Crippen molar-refractivity contribution >= 4 is 5.97 Å². The number of allylic oxidation sites excluding steroid dienone is 3. The number of carbonyl (C=O) groups excluding carboxylic acids is 1. The Bertz CT molecular complexity index is 242. The maximum absolute atomic E-state index is 10.6. The second-order valence-electron chi connectivity index (χ2n) is 3.06. The predicted molar refractivity (Wildman–Crippen MR) is 65.2 cm³/mol. The summed E-state index contributed by atoms with van der Waals surface area (Å²) in [5, 5.41) is 0. The van der Waals surface area contributed by atoms with Gasteiger partial charge in [-0.05, 0) is 19.8 Å². The van der Waals surface area contributed by atoms with Crippen LogP contribution in [0.15, 0.2) is 37.0 Å². The van der Waals surface area contributed by atoms with Crippen molar-refractivity contribution in [2.24, 2.45) is 0 Å². The number of hydrogen-bond donors (Lipinski definition) is 0. The molecule has 0 aliphatic carbocycles. The molecule has 0 rings (SSSR count). The second kappa shape index (κ2) is 11.7. The van der Waals surface area contributed by atoms with Gasteiger partial charge in [-0.3, -0.25) is 0 Å². The molecular formula is C13H20O3. The van der Waals surface area contributed by atoms with Gasteiger partial charge in [-0.15, -0.1) is 0 Å². The van der Waals surface area contributed by atoms with Crippen LogP contribution in [0, 0.1) is 0 Å². The first-order valence-electron chi connectivity index (χ1n) is 5.44. The van der Waals surface area contributed by atoms with E-state index in [2.05, 4.69) is 18.7 Å². The van der Waals surface area contributed by atoms with Crippen LogP contribution in [0.25, 0.3) is 0 Å². The van der Waals surface area contributed by atoms with Crippen LogP contribution in [0.2, 0.25) is 0 Å². The van der Waals surface area contributed by atoms with E-state index in [-0.39, 0.29) is 6.61 Å². The van der Waals surface area contributed by atoms with E-state index >= 15 is 0 Å². The van der Waals surface area contributed by atoms with Gasteiger partial charge in [0.2, 0.25) is 0 Å². The van der Waals surface area contributed by atoms with E-state index in [0.717, 1.165) is 18.9 Å². The number of hydrogen-bond acceptors (Lipinski definition) is 3. The molecule has 0 aliphatic rings. The zero-order valence-electron chi connectivity index (χ0n) is 9.85. The smallest absolute Gasteiger partial charge is 0.330 e. The van der Waals surface area contributed by atoms with E-state index in [1.807, 2.05) is 19.1 Å². The van der Waals surface area contributed by atoms with Crippen molar-refractivity contribution in [3.05, 3.63) is 37.0 Å². The molecular weight excluding hydrogens is 204 g/mol. The van der Waals surface area contributed by atoms with Gasteiger partial charge in [-0.2, -0.15) is 0 Å². The lowest BCUT2D eigenvalue weighted by Gasteiger charge is -2.01. The quantitative estimate of drug-likeness (QED) is 0.261. The summed E-state index contributed by atoms with van der Waals surface area (Å²) in [4.78, 5) is 10.6. The minimum atomic E-state index is -0.412. The van der Waals surface area contributed by atoms with E-state index in [1.54, 1.807) is 0 Å². The lowest BCUT2D eigenvalue weighted by atomic mass is 10.3. The van der Waals surface area contributed by atoms with Crippen molar-refractivity contribution in [1.82, 2.24) is 0 Å². The van der Waals surface area contributed by atoms with Gasteiger partial charge >= 0.3 is 5.97 Å². The standard InChI is InChI=1S/C13H20O3/c1-3-5-6-7-8-9-10-15-11-12-16-13(14)4-2/h3-5,8-9H,2,6-7,10-12H2,1H3/b5-3+,9-8+. The van der Waals surface area contributed by atoms with E-state index in [9.17, 15) is 4.79 Å². The van der Waals surface area contributed by atoms with E-state index < -0.39 is 5.97 Å². The normalized spacial score (nSPS) is 11.1.